The Balaban J connectivity index is 1.80. The standard InChI is InChI=1S/C18H10N2O4/c21-18-14-10-12-3-1-2-4-15(12)19-17(14)16(24-18)9-11-5-7-13(8-6-11)20(22)23/h1-10H/b16-9+. The van der Waals surface area contributed by atoms with Crippen molar-refractivity contribution in [2.75, 3.05) is 0 Å². The SMILES string of the molecule is O=C1O/C(=C/c2ccc([N+](=O)[O-])cc2)c2nc3ccccc3cc21. The van der Waals surface area contributed by atoms with Gasteiger partial charge in [-0.3, -0.25) is 10.1 Å². The largest absolute Gasteiger partial charge is 0.421 e. The number of non-ortho nitro benzene ring substituents is 1. The Bertz CT molecular complexity index is 1020. The van der Waals surface area contributed by atoms with Crippen LogP contribution in [-0.2, 0) is 4.74 Å². The van der Waals surface area contributed by atoms with Crippen molar-refractivity contribution in [2.45, 2.75) is 0 Å². The van der Waals surface area contributed by atoms with Crippen LogP contribution in [0.5, 0.6) is 0 Å². The van der Waals surface area contributed by atoms with Crippen molar-refractivity contribution in [3.05, 3.63) is 81.5 Å². The molecule has 3 aromatic rings. The average Bonchev–Trinajstić information content (AvgIpc) is 2.89. The minimum Gasteiger partial charge on any atom is -0.421 e. The lowest BCUT2D eigenvalue weighted by Crippen LogP contribution is -1.94. The summed E-state index contributed by atoms with van der Waals surface area (Å²) in [6.07, 6.45) is 1.65. The van der Waals surface area contributed by atoms with E-state index in [1.807, 2.05) is 24.3 Å². The van der Waals surface area contributed by atoms with Crippen LogP contribution in [0.4, 0.5) is 5.69 Å². The smallest absolute Gasteiger partial charge is 0.345 e. The van der Waals surface area contributed by atoms with E-state index in [4.69, 9.17) is 4.74 Å². The van der Waals surface area contributed by atoms with Gasteiger partial charge in [0.05, 0.1) is 16.0 Å². The van der Waals surface area contributed by atoms with E-state index in [9.17, 15) is 14.9 Å². The van der Waals surface area contributed by atoms with Crippen molar-refractivity contribution in [3.8, 4) is 0 Å². The fourth-order valence-corrected chi connectivity index (χ4v) is 2.60. The molecule has 0 saturated carbocycles. The van der Waals surface area contributed by atoms with Crippen LogP contribution in [0.25, 0.3) is 22.7 Å². The molecule has 6 heteroatoms. The first kappa shape index (κ1) is 14.1. The molecule has 2 heterocycles. The van der Waals surface area contributed by atoms with Gasteiger partial charge in [0.1, 0.15) is 5.69 Å². The molecule has 0 saturated heterocycles. The van der Waals surface area contributed by atoms with Crippen molar-refractivity contribution in [1.29, 1.82) is 0 Å². The number of pyridine rings is 1. The number of carbonyl (C=O) groups excluding carboxylic acids is 1. The zero-order valence-corrected chi connectivity index (χ0v) is 12.3. The normalized spacial score (nSPS) is 14.7. The number of rotatable bonds is 2. The van der Waals surface area contributed by atoms with Crippen LogP contribution >= 0.6 is 0 Å². The molecular weight excluding hydrogens is 308 g/mol. The van der Waals surface area contributed by atoms with Crippen LogP contribution in [-0.4, -0.2) is 15.9 Å². The molecule has 0 spiro atoms. The number of benzene rings is 2. The maximum atomic E-state index is 12.1. The Morgan fingerprint density at radius 3 is 2.58 bits per heavy atom. The molecule has 0 N–H and O–H groups in total. The number of cyclic esters (lactones) is 1. The van der Waals surface area contributed by atoms with Crippen molar-refractivity contribution in [3.63, 3.8) is 0 Å². The molecule has 0 unspecified atom stereocenters. The lowest BCUT2D eigenvalue weighted by molar-refractivity contribution is -0.384. The Kier molecular flexibility index (Phi) is 3.09. The second-order valence-corrected chi connectivity index (χ2v) is 5.32. The molecule has 1 aliphatic heterocycles. The summed E-state index contributed by atoms with van der Waals surface area (Å²) in [4.78, 5) is 26.8. The first-order valence-electron chi connectivity index (χ1n) is 7.20. The molecule has 2 aromatic carbocycles. The summed E-state index contributed by atoms with van der Waals surface area (Å²) in [6.45, 7) is 0. The number of hydrogen-bond acceptors (Lipinski definition) is 5. The van der Waals surface area contributed by atoms with E-state index in [1.54, 1.807) is 24.3 Å². The third-order valence-corrected chi connectivity index (χ3v) is 3.78. The third-order valence-electron chi connectivity index (χ3n) is 3.78. The van der Waals surface area contributed by atoms with Crippen molar-refractivity contribution < 1.29 is 14.5 Å². The molecule has 0 amide bonds. The molecule has 116 valence electrons. The highest BCUT2D eigenvalue weighted by Gasteiger charge is 2.28. The van der Waals surface area contributed by atoms with Gasteiger partial charge in [-0.2, -0.15) is 0 Å². The third kappa shape index (κ3) is 2.30. The highest BCUT2D eigenvalue weighted by molar-refractivity contribution is 6.07. The van der Waals surface area contributed by atoms with E-state index >= 15 is 0 Å². The highest BCUT2D eigenvalue weighted by Crippen LogP contribution is 2.32. The fourth-order valence-electron chi connectivity index (χ4n) is 2.60. The fraction of sp³-hybridized carbons (Fsp3) is 0. The Labute approximate surface area is 136 Å². The number of aromatic nitrogens is 1. The number of nitrogens with zero attached hydrogens (tertiary/aromatic N) is 2. The number of nitro groups is 1. The van der Waals surface area contributed by atoms with E-state index in [0.717, 1.165) is 10.9 Å². The van der Waals surface area contributed by atoms with Gasteiger partial charge in [0.15, 0.2) is 5.76 Å². The second-order valence-electron chi connectivity index (χ2n) is 5.32. The predicted octanol–water partition coefficient (Wildman–Crippen LogP) is 3.81. The van der Waals surface area contributed by atoms with Gasteiger partial charge in [0.2, 0.25) is 0 Å². The summed E-state index contributed by atoms with van der Waals surface area (Å²) in [6, 6.07) is 15.3. The zero-order chi connectivity index (χ0) is 16.7. The van der Waals surface area contributed by atoms with Crippen LogP contribution in [0.2, 0.25) is 0 Å². The molecule has 0 bridgehead atoms. The quantitative estimate of drug-likeness (QED) is 0.407. The molecule has 24 heavy (non-hydrogen) atoms. The zero-order valence-electron chi connectivity index (χ0n) is 12.3. The number of fused-ring (bicyclic) bond motifs is 2. The van der Waals surface area contributed by atoms with Crippen LogP contribution in [0, 0.1) is 10.1 Å². The van der Waals surface area contributed by atoms with E-state index in [1.165, 1.54) is 12.1 Å². The van der Waals surface area contributed by atoms with E-state index < -0.39 is 10.9 Å². The maximum absolute atomic E-state index is 12.1. The van der Waals surface area contributed by atoms with E-state index in [-0.39, 0.29) is 5.69 Å². The minimum absolute atomic E-state index is 0.00471. The van der Waals surface area contributed by atoms with Crippen molar-refractivity contribution in [1.82, 2.24) is 4.98 Å². The summed E-state index contributed by atoms with van der Waals surface area (Å²) < 4.78 is 5.31. The minimum atomic E-state index is -0.463. The molecule has 6 nitrogen and oxygen atoms in total. The van der Waals surface area contributed by atoms with E-state index in [0.29, 0.717) is 22.6 Å². The van der Waals surface area contributed by atoms with Gasteiger partial charge in [-0.1, -0.05) is 18.2 Å². The van der Waals surface area contributed by atoms with Crippen LogP contribution in [0.15, 0.2) is 54.6 Å². The molecule has 0 aliphatic carbocycles. The van der Waals surface area contributed by atoms with Crippen LogP contribution < -0.4 is 0 Å². The number of hydrogen-bond donors (Lipinski definition) is 0. The van der Waals surface area contributed by atoms with Gasteiger partial charge >= 0.3 is 5.97 Å². The predicted molar refractivity (Wildman–Crippen MR) is 88.1 cm³/mol. The topological polar surface area (TPSA) is 82.3 Å². The van der Waals surface area contributed by atoms with Gasteiger partial charge in [-0.25, -0.2) is 9.78 Å². The second kappa shape index (κ2) is 5.27. The monoisotopic (exact) mass is 318 g/mol. The Morgan fingerprint density at radius 1 is 1.08 bits per heavy atom. The molecule has 0 radical (unpaired) electrons. The summed E-state index contributed by atoms with van der Waals surface area (Å²) in [5.41, 5.74) is 2.36. The van der Waals surface area contributed by atoms with Gasteiger partial charge in [-0.15, -0.1) is 0 Å². The summed E-state index contributed by atoms with van der Waals surface area (Å²) in [7, 11) is 0. The van der Waals surface area contributed by atoms with Crippen molar-refractivity contribution in [2.24, 2.45) is 0 Å². The number of ether oxygens (including phenoxy) is 1. The summed E-state index contributed by atoms with van der Waals surface area (Å²) in [5, 5.41) is 11.6. The number of nitro benzene ring substituents is 1. The van der Waals surface area contributed by atoms with Crippen molar-refractivity contribution >= 4 is 34.4 Å². The van der Waals surface area contributed by atoms with Crippen LogP contribution in [0.1, 0.15) is 21.6 Å². The van der Waals surface area contributed by atoms with E-state index in [2.05, 4.69) is 4.98 Å². The van der Waals surface area contributed by atoms with Crippen LogP contribution in [0.3, 0.4) is 0 Å². The molecular formula is C18H10N2O4. The molecule has 0 atom stereocenters. The Hall–Kier alpha value is -3.54. The Morgan fingerprint density at radius 2 is 1.83 bits per heavy atom. The average molecular weight is 318 g/mol. The van der Waals surface area contributed by atoms with Gasteiger partial charge in [-0.05, 0) is 35.9 Å². The summed E-state index contributed by atoms with van der Waals surface area (Å²) >= 11 is 0. The highest BCUT2D eigenvalue weighted by atomic mass is 16.6. The van der Waals surface area contributed by atoms with Gasteiger partial charge in [0.25, 0.3) is 5.69 Å². The molecule has 0 fully saturated rings. The first-order chi connectivity index (χ1) is 11.6. The number of para-hydroxylation sites is 1. The number of carbonyl (C=O) groups is 1. The number of esters is 1. The van der Waals surface area contributed by atoms with Gasteiger partial charge < -0.3 is 4.74 Å². The molecule has 1 aromatic heterocycles. The van der Waals surface area contributed by atoms with Gasteiger partial charge in [0, 0.05) is 17.5 Å². The lowest BCUT2D eigenvalue weighted by Gasteiger charge is -2.01. The first-order valence-corrected chi connectivity index (χ1v) is 7.20. The lowest BCUT2D eigenvalue weighted by atomic mass is 10.1. The maximum Gasteiger partial charge on any atom is 0.345 e. The molecule has 1 aliphatic rings. The molecule has 4 rings (SSSR count). The summed E-state index contributed by atoms with van der Waals surface area (Å²) in [5.74, 6) is -0.106.